The lowest BCUT2D eigenvalue weighted by Crippen LogP contribution is -2.36. The molecule has 0 amide bonds. The van der Waals surface area contributed by atoms with Crippen LogP contribution in [0.5, 0.6) is 0 Å². The van der Waals surface area contributed by atoms with Crippen LogP contribution in [0.4, 0.5) is 0 Å². The summed E-state index contributed by atoms with van der Waals surface area (Å²) >= 11 is 1.94. The minimum Gasteiger partial charge on any atom is -0.355 e. The second-order valence-corrected chi connectivity index (χ2v) is 6.63. The molecule has 22 heavy (non-hydrogen) atoms. The largest absolute Gasteiger partial charge is 0.355 e. The maximum atomic E-state index is 4.44. The molecule has 2 aliphatic heterocycles. The highest BCUT2D eigenvalue weighted by Gasteiger charge is 2.24. The molecule has 112 valence electrons. The van der Waals surface area contributed by atoms with E-state index in [1.165, 1.54) is 21.6 Å². The Kier molecular flexibility index (Phi) is 3.77. The van der Waals surface area contributed by atoms with Gasteiger partial charge >= 0.3 is 0 Å². The highest BCUT2D eigenvalue weighted by molar-refractivity contribution is 7.98. The van der Waals surface area contributed by atoms with Gasteiger partial charge in [0, 0.05) is 29.7 Å². The van der Waals surface area contributed by atoms with Gasteiger partial charge in [-0.3, -0.25) is 4.99 Å². The van der Waals surface area contributed by atoms with Gasteiger partial charge in [-0.05, 0) is 22.8 Å². The summed E-state index contributed by atoms with van der Waals surface area (Å²) in [6, 6.07) is 17.6. The van der Waals surface area contributed by atoms with E-state index >= 15 is 0 Å². The summed E-state index contributed by atoms with van der Waals surface area (Å²) in [6.45, 7) is 2.69. The van der Waals surface area contributed by atoms with Gasteiger partial charge in [0.25, 0.3) is 0 Å². The van der Waals surface area contributed by atoms with Gasteiger partial charge in [-0.1, -0.05) is 42.5 Å². The predicted octanol–water partition coefficient (Wildman–Crippen LogP) is 2.97. The first-order valence-corrected chi connectivity index (χ1v) is 8.72. The molecule has 3 nitrogen and oxygen atoms in total. The second-order valence-electron chi connectivity index (χ2n) is 5.62. The molecule has 4 heteroatoms. The van der Waals surface area contributed by atoms with Crippen LogP contribution in [-0.2, 0) is 5.75 Å². The molecule has 0 fully saturated rings. The minimum absolute atomic E-state index is 0.368. The van der Waals surface area contributed by atoms with Crippen molar-refractivity contribution in [1.82, 2.24) is 10.6 Å². The Labute approximate surface area is 135 Å². The summed E-state index contributed by atoms with van der Waals surface area (Å²) in [5.74, 6) is 2.35. The first kappa shape index (κ1) is 13.7. The van der Waals surface area contributed by atoms with Crippen molar-refractivity contribution in [3.8, 4) is 0 Å². The van der Waals surface area contributed by atoms with Crippen molar-refractivity contribution in [3.05, 3.63) is 65.2 Å². The number of guanidine groups is 1. The van der Waals surface area contributed by atoms with Gasteiger partial charge in [-0.25, -0.2) is 0 Å². The van der Waals surface area contributed by atoms with Crippen LogP contribution in [0.25, 0.3) is 0 Å². The van der Waals surface area contributed by atoms with Crippen LogP contribution in [0.15, 0.2) is 58.4 Å². The molecule has 0 radical (unpaired) electrons. The number of rotatable bonds is 2. The number of hydrogen-bond donors (Lipinski definition) is 2. The fourth-order valence-electron chi connectivity index (χ4n) is 3.16. The molecule has 0 saturated carbocycles. The zero-order valence-electron chi connectivity index (χ0n) is 12.4. The molecule has 2 aromatic rings. The average Bonchev–Trinajstić information content (AvgIpc) is 3.03. The smallest absolute Gasteiger partial charge is 0.191 e. The molecule has 2 N–H and O–H groups in total. The van der Waals surface area contributed by atoms with Crippen LogP contribution in [0.3, 0.4) is 0 Å². The molecule has 2 aliphatic rings. The maximum absolute atomic E-state index is 4.44. The Balaban J connectivity index is 1.70. The zero-order valence-corrected chi connectivity index (χ0v) is 13.2. The quantitative estimate of drug-likeness (QED) is 0.895. The number of aliphatic imine (C=N–C) groups is 1. The normalized spacial score (nSPS) is 19.5. The molecular weight excluding hydrogens is 290 g/mol. The van der Waals surface area contributed by atoms with Crippen LogP contribution < -0.4 is 10.6 Å². The number of hydrogen-bond acceptors (Lipinski definition) is 4. The fraction of sp³-hybridized carbons (Fsp3) is 0.278. The molecule has 2 aromatic carbocycles. The number of fused-ring (bicyclic) bond motifs is 2. The van der Waals surface area contributed by atoms with Gasteiger partial charge in [-0.15, -0.1) is 11.8 Å². The van der Waals surface area contributed by atoms with Crippen molar-refractivity contribution in [2.24, 2.45) is 4.99 Å². The first-order chi connectivity index (χ1) is 10.9. The van der Waals surface area contributed by atoms with Crippen molar-refractivity contribution in [2.75, 3.05) is 19.6 Å². The van der Waals surface area contributed by atoms with E-state index in [1.807, 2.05) is 11.8 Å². The lowest BCUT2D eigenvalue weighted by molar-refractivity contribution is 0.732. The van der Waals surface area contributed by atoms with E-state index in [0.717, 1.165) is 31.3 Å². The monoisotopic (exact) mass is 309 g/mol. The van der Waals surface area contributed by atoms with Gasteiger partial charge in [0.1, 0.15) is 0 Å². The summed E-state index contributed by atoms with van der Waals surface area (Å²) in [7, 11) is 0. The van der Waals surface area contributed by atoms with Crippen molar-refractivity contribution in [1.29, 1.82) is 0 Å². The minimum atomic E-state index is 0.368. The van der Waals surface area contributed by atoms with E-state index < -0.39 is 0 Å². The Hall–Kier alpha value is -1.94. The number of benzene rings is 2. The third-order valence-corrected chi connectivity index (χ3v) is 5.39. The average molecular weight is 309 g/mol. The third-order valence-electron chi connectivity index (χ3n) is 4.26. The van der Waals surface area contributed by atoms with Gasteiger partial charge in [0.15, 0.2) is 5.96 Å². The van der Waals surface area contributed by atoms with E-state index in [-0.39, 0.29) is 0 Å². The Morgan fingerprint density at radius 1 is 1.09 bits per heavy atom. The van der Waals surface area contributed by atoms with Crippen LogP contribution in [-0.4, -0.2) is 25.6 Å². The molecule has 2 heterocycles. The molecule has 4 rings (SSSR count). The lowest BCUT2D eigenvalue weighted by Gasteiger charge is -2.21. The molecule has 1 atom stereocenters. The van der Waals surface area contributed by atoms with Crippen molar-refractivity contribution < 1.29 is 0 Å². The van der Waals surface area contributed by atoms with E-state index in [0.29, 0.717) is 5.92 Å². The molecule has 0 aromatic heterocycles. The van der Waals surface area contributed by atoms with Gasteiger partial charge < -0.3 is 10.6 Å². The van der Waals surface area contributed by atoms with E-state index in [4.69, 9.17) is 0 Å². The molecule has 0 aliphatic carbocycles. The van der Waals surface area contributed by atoms with E-state index in [2.05, 4.69) is 64.2 Å². The number of nitrogens with zero attached hydrogens (tertiary/aromatic N) is 1. The van der Waals surface area contributed by atoms with E-state index in [1.54, 1.807) is 0 Å². The highest BCUT2D eigenvalue weighted by Crippen LogP contribution is 2.40. The Morgan fingerprint density at radius 3 is 2.77 bits per heavy atom. The third kappa shape index (κ3) is 2.59. The fourth-order valence-corrected chi connectivity index (χ4v) is 4.29. The van der Waals surface area contributed by atoms with Crippen LogP contribution in [0, 0.1) is 0 Å². The summed E-state index contributed by atoms with van der Waals surface area (Å²) < 4.78 is 0. The summed E-state index contributed by atoms with van der Waals surface area (Å²) in [5.41, 5.74) is 4.30. The van der Waals surface area contributed by atoms with Crippen LogP contribution in [0.2, 0.25) is 0 Å². The van der Waals surface area contributed by atoms with Gasteiger partial charge in [-0.2, -0.15) is 0 Å². The molecule has 0 unspecified atom stereocenters. The second kappa shape index (κ2) is 6.05. The topological polar surface area (TPSA) is 36.4 Å². The maximum Gasteiger partial charge on any atom is 0.191 e. The standard InChI is InChI=1S/C18H19N3S/c1-2-6-14-13(5-1)12-22-17-8-4-3-7-15(17)16(14)11-21-18-19-9-10-20-18/h1-8,16H,9-12H2,(H2,19,20,21)/t16-/m1/s1. The molecular formula is C18H19N3S. The zero-order chi connectivity index (χ0) is 14.8. The van der Waals surface area contributed by atoms with Crippen molar-refractivity contribution in [3.63, 3.8) is 0 Å². The van der Waals surface area contributed by atoms with Gasteiger partial charge in [0.2, 0.25) is 0 Å². The molecule has 0 bridgehead atoms. The van der Waals surface area contributed by atoms with E-state index in [9.17, 15) is 0 Å². The molecule has 0 spiro atoms. The molecule has 0 saturated heterocycles. The van der Waals surface area contributed by atoms with Crippen molar-refractivity contribution >= 4 is 17.7 Å². The highest BCUT2D eigenvalue weighted by atomic mass is 32.2. The van der Waals surface area contributed by atoms with Gasteiger partial charge in [0.05, 0.1) is 6.54 Å². The summed E-state index contributed by atoms with van der Waals surface area (Å²) in [6.07, 6.45) is 0. The first-order valence-electron chi connectivity index (χ1n) is 7.73. The Morgan fingerprint density at radius 2 is 1.91 bits per heavy atom. The van der Waals surface area contributed by atoms with Crippen LogP contribution >= 0.6 is 11.8 Å². The number of nitrogens with one attached hydrogen (secondary N) is 2. The predicted molar refractivity (Wildman–Crippen MR) is 92.6 cm³/mol. The van der Waals surface area contributed by atoms with Crippen LogP contribution in [0.1, 0.15) is 22.6 Å². The van der Waals surface area contributed by atoms with Crippen molar-refractivity contribution in [2.45, 2.75) is 16.6 Å². The SMILES string of the molecule is c1ccc2c(c1)CSc1ccccc1[C@@H]2CNC1=NCCN1. The Bertz CT molecular complexity index is 663. The number of thioether (sulfide) groups is 1. The summed E-state index contributed by atoms with van der Waals surface area (Å²) in [5, 5.41) is 6.78. The lowest BCUT2D eigenvalue weighted by atomic mass is 9.88. The summed E-state index contributed by atoms with van der Waals surface area (Å²) in [4.78, 5) is 5.84.